The van der Waals surface area contributed by atoms with Crippen LogP contribution in [0.3, 0.4) is 0 Å². The largest absolute Gasteiger partial charge is 0.493 e. The number of para-hydroxylation sites is 1. The Kier molecular flexibility index (Phi) is 4.34. The molecule has 1 rings (SSSR count). The number of benzene rings is 1. The lowest BCUT2D eigenvalue weighted by molar-refractivity contribution is -0.139. The molecule has 0 saturated carbocycles. The maximum Gasteiger partial charge on any atom is 0.324 e. The molecule has 18 heavy (non-hydrogen) atoms. The van der Waals surface area contributed by atoms with Crippen molar-refractivity contribution in [3.63, 3.8) is 0 Å². The number of sulfone groups is 1. The Hall–Kier alpha value is -1.56. The number of hydrogen-bond acceptors (Lipinski definition) is 4. The van der Waals surface area contributed by atoms with Crippen molar-refractivity contribution < 1.29 is 23.1 Å². The molecule has 1 aromatic rings. The van der Waals surface area contributed by atoms with Crippen LogP contribution in [0.4, 0.5) is 0 Å². The van der Waals surface area contributed by atoms with Crippen LogP contribution in [0.15, 0.2) is 30.3 Å². The normalized spacial score (nSPS) is 12.1. The van der Waals surface area contributed by atoms with Crippen LogP contribution < -0.4 is 4.74 Å². The number of hydrogen-bond donors (Lipinski definition) is 1. The predicted molar refractivity (Wildman–Crippen MR) is 67.4 cm³/mol. The third-order valence-electron chi connectivity index (χ3n) is 2.66. The van der Waals surface area contributed by atoms with Crippen molar-refractivity contribution >= 4 is 15.8 Å². The van der Waals surface area contributed by atoms with E-state index in [9.17, 15) is 13.2 Å². The van der Waals surface area contributed by atoms with Crippen LogP contribution >= 0.6 is 0 Å². The highest BCUT2D eigenvalue weighted by molar-refractivity contribution is 7.93. The van der Waals surface area contributed by atoms with Crippen molar-refractivity contribution in [3.05, 3.63) is 30.3 Å². The van der Waals surface area contributed by atoms with E-state index in [2.05, 4.69) is 0 Å². The van der Waals surface area contributed by atoms with Gasteiger partial charge in [0.05, 0.1) is 5.75 Å². The zero-order valence-electron chi connectivity index (χ0n) is 10.3. The van der Waals surface area contributed by atoms with E-state index in [4.69, 9.17) is 9.84 Å². The Balaban J connectivity index is 2.61. The molecule has 0 spiro atoms. The summed E-state index contributed by atoms with van der Waals surface area (Å²) >= 11 is 0. The Morgan fingerprint density at radius 3 is 2.33 bits per heavy atom. The molecule has 0 aliphatic rings. The molecule has 0 saturated heterocycles. The lowest BCUT2D eigenvalue weighted by Crippen LogP contribution is -2.42. The van der Waals surface area contributed by atoms with E-state index < -0.39 is 20.6 Å². The van der Waals surface area contributed by atoms with Gasteiger partial charge in [-0.1, -0.05) is 18.2 Å². The first kappa shape index (κ1) is 14.5. The second kappa shape index (κ2) is 5.39. The number of carbonyl (C=O) groups is 1. The molecule has 1 aromatic carbocycles. The van der Waals surface area contributed by atoms with Crippen molar-refractivity contribution in [2.45, 2.75) is 18.6 Å². The van der Waals surface area contributed by atoms with Gasteiger partial charge in [-0.2, -0.15) is 0 Å². The number of carboxylic acid groups (broad SMARTS) is 1. The highest BCUT2D eigenvalue weighted by Crippen LogP contribution is 2.18. The van der Waals surface area contributed by atoms with Gasteiger partial charge in [0.2, 0.25) is 0 Å². The summed E-state index contributed by atoms with van der Waals surface area (Å²) in [7, 11) is -3.75. The molecule has 100 valence electrons. The first-order valence-corrected chi connectivity index (χ1v) is 7.06. The average molecular weight is 272 g/mol. The first-order valence-electron chi connectivity index (χ1n) is 5.41. The highest BCUT2D eigenvalue weighted by Gasteiger charge is 2.41. The van der Waals surface area contributed by atoms with Gasteiger partial charge in [-0.05, 0) is 26.0 Å². The summed E-state index contributed by atoms with van der Waals surface area (Å²) in [5.74, 6) is -1.13. The monoisotopic (exact) mass is 272 g/mol. The summed E-state index contributed by atoms with van der Waals surface area (Å²) in [5, 5.41) is 8.87. The molecule has 0 bridgehead atoms. The van der Waals surface area contributed by atoms with Crippen molar-refractivity contribution in [2.75, 3.05) is 12.4 Å². The third kappa shape index (κ3) is 3.22. The van der Waals surface area contributed by atoms with Gasteiger partial charge in [0.25, 0.3) is 0 Å². The van der Waals surface area contributed by atoms with E-state index >= 15 is 0 Å². The lowest BCUT2D eigenvalue weighted by atomic mass is 10.2. The second-order valence-corrected chi connectivity index (χ2v) is 6.95. The smallest absolute Gasteiger partial charge is 0.324 e. The molecule has 0 radical (unpaired) electrons. The van der Waals surface area contributed by atoms with Crippen molar-refractivity contribution in [1.82, 2.24) is 0 Å². The molecule has 0 aliphatic heterocycles. The quantitative estimate of drug-likeness (QED) is 0.845. The molecule has 0 fully saturated rings. The molecule has 6 heteroatoms. The van der Waals surface area contributed by atoms with Crippen LogP contribution in [-0.4, -0.2) is 36.6 Å². The third-order valence-corrected chi connectivity index (χ3v) is 5.09. The lowest BCUT2D eigenvalue weighted by Gasteiger charge is -2.19. The van der Waals surface area contributed by atoms with E-state index in [0.717, 1.165) is 0 Å². The fraction of sp³-hybridized carbons (Fsp3) is 0.417. The maximum atomic E-state index is 11.8. The molecule has 0 aromatic heterocycles. The minimum Gasteiger partial charge on any atom is -0.493 e. The van der Waals surface area contributed by atoms with E-state index in [0.29, 0.717) is 5.75 Å². The Morgan fingerprint density at radius 2 is 1.83 bits per heavy atom. The zero-order chi connectivity index (χ0) is 13.8. The van der Waals surface area contributed by atoms with Gasteiger partial charge in [0.15, 0.2) is 14.6 Å². The summed E-state index contributed by atoms with van der Waals surface area (Å²) in [4.78, 5) is 10.9. The fourth-order valence-corrected chi connectivity index (χ4v) is 2.25. The van der Waals surface area contributed by atoms with Gasteiger partial charge >= 0.3 is 5.97 Å². The summed E-state index contributed by atoms with van der Waals surface area (Å²) in [6.07, 6.45) is 0. The van der Waals surface area contributed by atoms with E-state index in [1.807, 2.05) is 6.07 Å². The number of carboxylic acids is 1. The number of ether oxygens (including phenoxy) is 1. The Bertz CT molecular complexity index is 505. The standard InChI is InChI=1S/C12H16O5S/c1-12(2,11(13)14)18(15,16)9-8-17-10-6-4-3-5-7-10/h3-7H,8-9H2,1-2H3,(H,13,14). The number of rotatable bonds is 6. The average Bonchev–Trinajstić information content (AvgIpc) is 2.29. The van der Waals surface area contributed by atoms with Gasteiger partial charge in [0.1, 0.15) is 12.4 Å². The molecule has 0 atom stereocenters. The van der Waals surface area contributed by atoms with Crippen LogP contribution in [-0.2, 0) is 14.6 Å². The summed E-state index contributed by atoms with van der Waals surface area (Å²) in [6, 6.07) is 8.76. The van der Waals surface area contributed by atoms with Crippen LogP contribution in [0.1, 0.15) is 13.8 Å². The molecule has 5 nitrogen and oxygen atoms in total. The fourth-order valence-electron chi connectivity index (χ4n) is 1.17. The van der Waals surface area contributed by atoms with E-state index in [-0.39, 0.29) is 12.4 Å². The van der Waals surface area contributed by atoms with Crippen molar-refractivity contribution in [2.24, 2.45) is 0 Å². The van der Waals surface area contributed by atoms with E-state index in [1.54, 1.807) is 24.3 Å². The number of aliphatic carboxylic acids is 1. The van der Waals surface area contributed by atoms with Crippen LogP contribution in [0.25, 0.3) is 0 Å². The predicted octanol–water partition coefficient (Wildman–Crippen LogP) is 1.34. The summed E-state index contributed by atoms with van der Waals surface area (Å²) < 4.78 is 27.1. The van der Waals surface area contributed by atoms with Crippen LogP contribution in [0.5, 0.6) is 5.75 Å². The van der Waals surface area contributed by atoms with Gasteiger partial charge in [0, 0.05) is 0 Å². The van der Waals surface area contributed by atoms with Crippen LogP contribution in [0, 0.1) is 0 Å². The maximum absolute atomic E-state index is 11.8. The zero-order valence-corrected chi connectivity index (χ0v) is 11.1. The summed E-state index contributed by atoms with van der Waals surface area (Å²) in [5.41, 5.74) is 0. The molecule has 0 heterocycles. The Labute approximate surface area is 106 Å². The molecule has 1 N–H and O–H groups in total. The highest BCUT2D eigenvalue weighted by atomic mass is 32.2. The minimum absolute atomic E-state index is 0.0664. The van der Waals surface area contributed by atoms with Gasteiger partial charge in [-0.25, -0.2) is 8.42 Å². The molecule has 0 aliphatic carbocycles. The SMILES string of the molecule is CC(C)(C(=O)O)S(=O)(=O)CCOc1ccccc1. The van der Waals surface area contributed by atoms with Crippen LogP contribution in [0.2, 0.25) is 0 Å². The molecule has 0 amide bonds. The van der Waals surface area contributed by atoms with Crippen molar-refractivity contribution in [1.29, 1.82) is 0 Å². The van der Waals surface area contributed by atoms with Crippen molar-refractivity contribution in [3.8, 4) is 5.75 Å². The second-order valence-electron chi connectivity index (χ2n) is 4.30. The van der Waals surface area contributed by atoms with Gasteiger partial charge < -0.3 is 9.84 Å². The summed E-state index contributed by atoms with van der Waals surface area (Å²) in [6.45, 7) is 2.28. The molecular weight excluding hydrogens is 256 g/mol. The van der Waals surface area contributed by atoms with E-state index in [1.165, 1.54) is 13.8 Å². The topological polar surface area (TPSA) is 80.7 Å². The molecular formula is C12H16O5S. The minimum atomic E-state index is -3.75. The van der Waals surface area contributed by atoms with Gasteiger partial charge in [-0.15, -0.1) is 0 Å². The van der Waals surface area contributed by atoms with Gasteiger partial charge in [-0.3, -0.25) is 4.79 Å². The molecule has 0 unspecified atom stereocenters. The Morgan fingerprint density at radius 1 is 1.28 bits per heavy atom. The first-order chi connectivity index (χ1) is 8.27.